The first-order valence-corrected chi connectivity index (χ1v) is 9.74. The first-order valence-electron chi connectivity index (χ1n) is 9.74. The molecule has 0 unspecified atom stereocenters. The molecule has 1 aromatic heterocycles. The molecule has 1 N–H and O–H groups in total. The van der Waals surface area contributed by atoms with Crippen LogP contribution in [0, 0.1) is 5.92 Å². The quantitative estimate of drug-likeness (QED) is 0.493. The monoisotopic (exact) mass is 473 g/mol. The van der Waals surface area contributed by atoms with Crippen molar-refractivity contribution in [3.63, 3.8) is 0 Å². The molecule has 0 bridgehead atoms. The number of rotatable bonds is 11. The predicted molar refractivity (Wildman–Crippen MR) is 93.7 cm³/mol. The number of nitrogens with zero attached hydrogens (tertiary/aromatic N) is 2. The number of hydrogen-bond donors (Lipinski definition) is 1. The van der Waals surface area contributed by atoms with E-state index in [1.54, 1.807) is 0 Å². The predicted octanol–water partition coefficient (Wildman–Crippen LogP) is 3.31. The lowest BCUT2D eigenvalue weighted by Crippen LogP contribution is -2.42. The van der Waals surface area contributed by atoms with Crippen LogP contribution >= 0.6 is 0 Å². The summed E-state index contributed by atoms with van der Waals surface area (Å²) in [5.74, 6) is -0.755. The third kappa shape index (κ3) is 7.74. The van der Waals surface area contributed by atoms with Gasteiger partial charge in [-0.25, -0.2) is 0 Å². The number of nitrogens with one attached hydrogen (secondary N) is 1. The maximum Gasteiger partial charge on any atom is 0.522 e. The molecule has 0 spiro atoms. The number of halogens is 6. The number of carbonyl (C=O) groups excluding carboxylic acids is 1. The maximum atomic E-state index is 12.1. The van der Waals surface area contributed by atoms with Gasteiger partial charge < -0.3 is 14.5 Å². The second kappa shape index (κ2) is 9.75. The van der Waals surface area contributed by atoms with E-state index in [4.69, 9.17) is 9.15 Å². The minimum Gasteiger partial charge on any atom is -0.421 e. The Hall–Kier alpha value is -2.19. The molecule has 3 rings (SSSR count). The van der Waals surface area contributed by atoms with Crippen molar-refractivity contribution >= 4 is 11.5 Å². The molecule has 1 aromatic rings. The Morgan fingerprint density at radius 2 is 1.81 bits per heavy atom. The van der Waals surface area contributed by atoms with Crippen molar-refractivity contribution < 1.29 is 49.8 Å². The highest BCUT2D eigenvalue weighted by molar-refractivity contribution is 5.77. The van der Waals surface area contributed by atoms with Crippen LogP contribution < -0.4 is 5.32 Å². The Labute approximate surface area is 178 Å². The molecule has 2 aliphatic carbocycles. The van der Waals surface area contributed by atoms with E-state index in [2.05, 4.69) is 31.6 Å². The Morgan fingerprint density at radius 1 is 1.09 bits per heavy atom. The van der Waals surface area contributed by atoms with E-state index < -0.39 is 37.4 Å². The Balaban J connectivity index is 1.28. The van der Waals surface area contributed by atoms with Gasteiger partial charge in [0.25, 0.3) is 0 Å². The largest absolute Gasteiger partial charge is 0.522 e. The molecule has 1 amide bonds. The van der Waals surface area contributed by atoms with Crippen LogP contribution in [0.1, 0.15) is 43.4 Å². The third-order valence-electron chi connectivity index (χ3n) is 4.99. The lowest BCUT2D eigenvalue weighted by atomic mass is 9.92. The van der Waals surface area contributed by atoms with Crippen LogP contribution in [0.2, 0.25) is 0 Å². The van der Waals surface area contributed by atoms with Crippen LogP contribution in [0.25, 0.3) is 5.57 Å². The van der Waals surface area contributed by atoms with Gasteiger partial charge in [0.05, 0.1) is 18.8 Å². The van der Waals surface area contributed by atoms with Crippen LogP contribution in [0.3, 0.4) is 0 Å². The maximum absolute atomic E-state index is 12.1. The van der Waals surface area contributed by atoms with Gasteiger partial charge in [-0.05, 0) is 18.8 Å². The molecular weight excluding hydrogens is 452 g/mol. The SMILES string of the molecule is C=C(CCNC(=O)COC1CC(OC(F)(F)F)C1)c1nnc([C@@H]2C[C@H]2COC(F)(F)F)o1. The first-order chi connectivity index (χ1) is 14.9. The summed E-state index contributed by atoms with van der Waals surface area (Å²) in [5.41, 5.74) is 0.430. The van der Waals surface area contributed by atoms with E-state index in [0.29, 0.717) is 12.0 Å². The summed E-state index contributed by atoms with van der Waals surface area (Å²) in [6, 6.07) is 0. The molecule has 14 heteroatoms. The van der Waals surface area contributed by atoms with Gasteiger partial charge in [-0.3, -0.25) is 14.3 Å². The third-order valence-corrected chi connectivity index (χ3v) is 4.99. The zero-order valence-electron chi connectivity index (χ0n) is 16.7. The Morgan fingerprint density at radius 3 is 2.47 bits per heavy atom. The number of carbonyl (C=O) groups is 1. The summed E-state index contributed by atoms with van der Waals surface area (Å²) in [6.45, 7) is 3.18. The molecule has 180 valence electrons. The van der Waals surface area contributed by atoms with Crippen LogP contribution in [0.15, 0.2) is 11.0 Å². The van der Waals surface area contributed by atoms with Crippen molar-refractivity contribution in [3.8, 4) is 0 Å². The molecule has 32 heavy (non-hydrogen) atoms. The van der Waals surface area contributed by atoms with E-state index in [1.807, 2.05) is 0 Å². The van der Waals surface area contributed by atoms with Gasteiger partial charge in [-0.1, -0.05) is 6.58 Å². The number of ether oxygens (including phenoxy) is 3. The van der Waals surface area contributed by atoms with E-state index in [1.165, 1.54) is 0 Å². The fraction of sp³-hybridized carbons (Fsp3) is 0.722. The van der Waals surface area contributed by atoms with Crippen LogP contribution in [-0.2, 0) is 19.0 Å². The van der Waals surface area contributed by atoms with E-state index in [-0.39, 0.29) is 56.0 Å². The highest BCUT2D eigenvalue weighted by atomic mass is 19.4. The first kappa shape index (κ1) is 24.5. The van der Waals surface area contributed by atoms with Crippen LogP contribution in [0.4, 0.5) is 26.3 Å². The Bertz CT molecular complexity index is 806. The lowest BCUT2D eigenvalue weighted by molar-refractivity contribution is -0.357. The standard InChI is InChI=1S/C18H21F6N3O5/c1-9(15-26-27-16(31-15)13-4-10(13)7-30-17(19,20)21)2-3-25-14(28)8-29-11-5-12(6-11)32-18(22,23)24/h10-13H,1-8H2,(H,25,28)/t10-,11?,12?,13+/m0/s1. The van der Waals surface area contributed by atoms with Crippen LogP contribution in [0.5, 0.6) is 0 Å². The molecule has 0 aliphatic heterocycles. The Kier molecular flexibility index (Phi) is 7.45. The molecule has 0 aromatic carbocycles. The smallest absolute Gasteiger partial charge is 0.421 e. The minimum absolute atomic E-state index is 0.0628. The second-order valence-corrected chi connectivity index (χ2v) is 7.60. The molecular formula is C18H21F6N3O5. The van der Waals surface area contributed by atoms with E-state index in [9.17, 15) is 31.1 Å². The molecule has 0 radical (unpaired) electrons. The number of amides is 1. The van der Waals surface area contributed by atoms with Crippen molar-refractivity contribution in [3.05, 3.63) is 18.4 Å². The van der Waals surface area contributed by atoms with Crippen molar-refractivity contribution in [1.29, 1.82) is 0 Å². The molecule has 2 atom stereocenters. The van der Waals surface area contributed by atoms with Gasteiger partial charge in [-0.15, -0.1) is 36.5 Å². The van der Waals surface area contributed by atoms with E-state index in [0.717, 1.165) is 0 Å². The number of aromatic nitrogens is 2. The molecule has 1 heterocycles. The summed E-state index contributed by atoms with van der Waals surface area (Å²) in [5, 5.41) is 10.2. The van der Waals surface area contributed by atoms with E-state index >= 15 is 0 Å². The van der Waals surface area contributed by atoms with Crippen molar-refractivity contribution in [1.82, 2.24) is 15.5 Å². The van der Waals surface area contributed by atoms with Gasteiger partial charge in [0, 0.05) is 30.9 Å². The highest BCUT2D eigenvalue weighted by Crippen LogP contribution is 2.47. The fourth-order valence-electron chi connectivity index (χ4n) is 3.11. The number of hydrogen-bond acceptors (Lipinski definition) is 7. The fourth-order valence-corrected chi connectivity index (χ4v) is 3.11. The average Bonchev–Trinajstić information content (AvgIpc) is 3.25. The van der Waals surface area contributed by atoms with Gasteiger partial charge in [0.2, 0.25) is 17.7 Å². The van der Waals surface area contributed by atoms with Gasteiger partial charge in [0.1, 0.15) is 6.61 Å². The highest BCUT2D eigenvalue weighted by Gasteiger charge is 2.45. The topological polar surface area (TPSA) is 95.7 Å². The number of alkyl halides is 6. The molecule has 2 fully saturated rings. The normalized spacial score (nSPS) is 25.3. The summed E-state index contributed by atoms with van der Waals surface area (Å²) in [7, 11) is 0. The van der Waals surface area contributed by atoms with Gasteiger partial charge in [-0.2, -0.15) is 0 Å². The van der Waals surface area contributed by atoms with Gasteiger partial charge >= 0.3 is 12.7 Å². The minimum atomic E-state index is -4.68. The molecule has 8 nitrogen and oxygen atoms in total. The summed E-state index contributed by atoms with van der Waals surface area (Å²) < 4.78 is 90.6. The van der Waals surface area contributed by atoms with Gasteiger partial charge in [0.15, 0.2) is 0 Å². The summed E-state index contributed by atoms with van der Waals surface area (Å²) >= 11 is 0. The van der Waals surface area contributed by atoms with Crippen molar-refractivity contribution in [2.45, 2.75) is 56.5 Å². The zero-order valence-corrected chi connectivity index (χ0v) is 16.7. The van der Waals surface area contributed by atoms with Crippen molar-refractivity contribution in [2.24, 2.45) is 5.92 Å². The lowest BCUT2D eigenvalue weighted by Gasteiger charge is -2.34. The molecule has 2 saturated carbocycles. The second-order valence-electron chi connectivity index (χ2n) is 7.60. The molecule has 2 aliphatic rings. The van der Waals surface area contributed by atoms with Crippen LogP contribution in [-0.4, -0.2) is 60.8 Å². The average molecular weight is 473 g/mol. The summed E-state index contributed by atoms with van der Waals surface area (Å²) in [4.78, 5) is 11.8. The molecule has 0 saturated heterocycles. The zero-order chi connectivity index (χ0) is 23.5. The summed E-state index contributed by atoms with van der Waals surface area (Å²) in [6.07, 6.45) is -9.94. The van der Waals surface area contributed by atoms with Crippen molar-refractivity contribution in [2.75, 3.05) is 19.8 Å².